The van der Waals surface area contributed by atoms with Gasteiger partial charge in [-0.3, -0.25) is 0 Å². The zero-order valence-corrected chi connectivity index (χ0v) is 20.0. The Hall–Kier alpha value is -3.90. The maximum absolute atomic E-state index is 4.07. The number of hydrogen-bond donors (Lipinski definition) is 0. The van der Waals surface area contributed by atoms with E-state index < -0.39 is 0 Å². The summed E-state index contributed by atoms with van der Waals surface area (Å²) >= 11 is 0. The molecular weight excluding hydrogens is 408 g/mol. The Labute approximate surface area is 203 Å². The Balaban J connectivity index is 1.53. The molecule has 0 heterocycles. The first-order valence-corrected chi connectivity index (χ1v) is 11.9. The van der Waals surface area contributed by atoms with Crippen molar-refractivity contribution >= 4 is 11.1 Å². The lowest BCUT2D eigenvalue weighted by atomic mass is 9.80. The predicted octanol–water partition coefficient (Wildman–Crippen LogP) is 9.34. The molecule has 5 rings (SSSR count). The van der Waals surface area contributed by atoms with Gasteiger partial charge in [0.25, 0.3) is 0 Å². The van der Waals surface area contributed by atoms with Crippen LogP contribution in [0.5, 0.6) is 0 Å². The summed E-state index contributed by atoms with van der Waals surface area (Å²) in [4.78, 5) is 0. The first-order chi connectivity index (χ1) is 16.5. The van der Waals surface area contributed by atoms with Gasteiger partial charge < -0.3 is 0 Å². The molecule has 0 heteroatoms. The monoisotopic (exact) mass is 438 g/mol. The lowest BCUT2D eigenvalue weighted by Crippen LogP contribution is -2.16. The highest BCUT2D eigenvalue weighted by molar-refractivity contribution is 5.89. The van der Waals surface area contributed by atoms with Crippen LogP contribution in [0.4, 0.5) is 0 Å². The van der Waals surface area contributed by atoms with E-state index in [0.29, 0.717) is 0 Å². The number of allylic oxidation sites excluding steroid dienone is 10. The van der Waals surface area contributed by atoms with Crippen molar-refractivity contribution in [3.05, 3.63) is 145 Å². The third-order valence-corrected chi connectivity index (χ3v) is 7.08. The molecule has 2 aliphatic carbocycles. The average molecular weight is 439 g/mol. The van der Waals surface area contributed by atoms with Crippen LogP contribution in [-0.4, -0.2) is 0 Å². The standard InChI is InChI=1S/C34H30/c1-5-30-31-20-19-29(23-33(31)34(3,4)32(30)6-2)28-18-12-17-27(22-28)26-16-11-15-25(21-26)24-13-9-7-8-10-14-24/h5-9,11-23H,1-2,10H2,3-4H3. The highest BCUT2D eigenvalue weighted by Gasteiger charge is 2.35. The smallest absolute Gasteiger partial charge is 0.0158 e. The minimum absolute atomic E-state index is 0.0859. The lowest BCUT2D eigenvalue weighted by molar-refractivity contribution is 0.655. The van der Waals surface area contributed by atoms with Crippen molar-refractivity contribution in [1.29, 1.82) is 0 Å². The van der Waals surface area contributed by atoms with Gasteiger partial charge in [-0.25, -0.2) is 0 Å². The first-order valence-electron chi connectivity index (χ1n) is 11.9. The molecule has 34 heavy (non-hydrogen) atoms. The molecule has 0 radical (unpaired) electrons. The summed E-state index contributed by atoms with van der Waals surface area (Å²) in [5.74, 6) is 0. The average Bonchev–Trinajstić information content (AvgIpc) is 3.04. The van der Waals surface area contributed by atoms with E-state index in [1.54, 1.807) is 0 Å². The summed E-state index contributed by atoms with van der Waals surface area (Å²) in [6, 6.07) is 24.5. The molecule has 0 atom stereocenters. The van der Waals surface area contributed by atoms with Gasteiger partial charge in [0.2, 0.25) is 0 Å². The maximum atomic E-state index is 4.07. The predicted molar refractivity (Wildman–Crippen MR) is 149 cm³/mol. The summed E-state index contributed by atoms with van der Waals surface area (Å²) < 4.78 is 0. The summed E-state index contributed by atoms with van der Waals surface area (Å²) in [5, 5.41) is 0. The van der Waals surface area contributed by atoms with Crippen LogP contribution in [0, 0.1) is 0 Å². The fourth-order valence-corrected chi connectivity index (χ4v) is 5.24. The fraction of sp³-hybridized carbons (Fsp3) is 0.118. The summed E-state index contributed by atoms with van der Waals surface area (Å²) in [6.07, 6.45) is 15.8. The van der Waals surface area contributed by atoms with E-state index in [2.05, 4.69) is 124 Å². The van der Waals surface area contributed by atoms with Crippen molar-refractivity contribution in [2.45, 2.75) is 25.7 Å². The number of hydrogen-bond acceptors (Lipinski definition) is 0. The van der Waals surface area contributed by atoms with Crippen molar-refractivity contribution in [3.8, 4) is 22.3 Å². The number of fused-ring (bicyclic) bond motifs is 1. The van der Waals surface area contributed by atoms with Gasteiger partial charge in [0, 0.05) is 5.41 Å². The van der Waals surface area contributed by atoms with Crippen LogP contribution >= 0.6 is 0 Å². The van der Waals surface area contributed by atoms with Gasteiger partial charge in [0.05, 0.1) is 0 Å². The molecule has 0 saturated carbocycles. The molecule has 0 spiro atoms. The first kappa shape index (κ1) is 21.9. The van der Waals surface area contributed by atoms with Gasteiger partial charge in [0.15, 0.2) is 0 Å². The second-order valence-corrected chi connectivity index (χ2v) is 9.47. The van der Waals surface area contributed by atoms with Gasteiger partial charge in [-0.05, 0) is 80.3 Å². The third-order valence-electron chi connectivity index (χ3n) is 7.08. The molecule has 0 fully saturated rings. The Morgan fingerprint density at radius 3 is 2.06 bits per heavy atom. The molecule has 0 nitrogen and oxygen atoms in total. The van der Waals surface area contributed by atoms with Crippen LogP contribution < -0.4 is 0 Å². The highest BCUT2D eigenvalue weighted by Crippen LogP contribution is 2.48. The maximum Gasteiger partial charge on any atom is 0.0158 e. The molecule has 0 unspecified atom stereocenters. The van der Waals surface area contributed by atoms with Crippen LogP contribution in [-0.2, 0) is 5.41 Å². The van der Waals surface area contributed by atoms with Crippen LogP contribution in [0.2, 0.25) is 0 Å². The molecule has 166 valence electrons. The quantitative estimate of drug-likeness (QED) is 0.372. The highest BCUT2D eigenvalue weighted by atomic mass is 14.4. The van der Waals surface area contributed by atoms with Gasteiger partial charge in [-0.2, -0.15) is 0 Å². The van der Waals surface area contributed by atoms with E-state index in [0.717, 1.165) is 6.42 Å². The number of benzene rings is 3. The van der Waals surface area contributed by atoms with E-state index in [1.165, 1.54) is 55.7 Å². The SMILES string of the molecule is C=CC1=C(C=C)C(C)(C)c2cc(-c3cccc(-c4cccc(C5=CCC=CC=C5)c4)c3)ccc21. The van der Waals surface area contributed by atoms with Gasteiger partial charge in [0.1, 0.15) is 0 Å². The molecular formula is C34H30. The second-order valence-electron chi connectivity index (χ2n) is 9.47. The molecule has 0 aromatic heterocycles. The van der Waals surface area contributed by atoms with Crippen molar-refractivity contribution in [1.82, 2.24) is 0 Å². The van der Waals surface area contributed by atoms with Gasteiger partial charge in [-0.15, -0.1) is 0 Å². The number of rotatable bonds is 5. The van der Waals surface area contributed by atoms with E-state index in [-0.39, 0.29) is 5.41 Å². The Kier molecular flexibility index (Phi) is 5.67. The van der Waals surface area contributed by atoms with Crippen LogP contribution in [0.15, 0.2) is 128 Å². The second kappa shape index (κ2) is 8.80. The molecule has 3 aromatic rings. The minimum atomic E-state index is -0.0859. The Morgan fingerprint density at radius 2 is 1.38 bits per heavy atom. The zero-order chi connectivity index (χ0) is 23.7. The molecule has 0 saturated heterocycles. The Morgan fingerprint density at radius 1 is 0.735 bits per heavy atom. The summed E-state index contributed by atoms with van der Waals surface area (Å²) in [7, 11) is 0. The molecule has 2 aliphatic rings. The minimum Gasteiger partial charge on any atom is -0.0987 e. The van der Waals surface area contributed by atoms with E-state index in [9.17, 15) is 0 Å². The molecule has 0 bridgehead atoms. The summed E-state index contributed by atoms with van der Waals surface area (Å²) in [6.45, 7) is 12.7. The molecule has 3 aromatic carbocycles. The van der Waals surface area contributed by atoms with Crippen molar-refractivity contribution in [3.63, 3.8) is 0 Å². The van der Waals surface area contributed by atoms with E-state index in [4.69, 9.17) is 0 Å². The van der Waals surface area contributed by atoms with E-state index in [1.807, 2.05) is 12.2 Å². The van der Waals surface area contributed by atoms with Crippen LogP contribution in [0.1, 0.15) is 37.0 Å². The molecule has 0 N–H and O–H groups in total. The molecule has 0 aliphatic heterocycles. The molecule has 0 amide bonds. The van der Waals surface area contributed by atoms with Gasteiger partial charge in [-0.1, -0.05) is 118 Å². The van der Waals surface area contributed by atoms with E-state index >= 15 is 0 Å². The van der Waals surface area contributed by atoms with Crippen molar-refractivity contribution < 1.29 is 0 Å². The Bertz CT molecular complexity index is 1420. The topological polar surface area (TPSA) is 0 Å². The van der Waals surface area contributed by atoms with Gasteiger partial charge >= 0.3 is 0 Å². The zero-order valence-electron chi connectivity index (χ0n) is 20.0. The fourth-order valence-electron chi connectivity index (χ4n) is 5.24. The van der Waals surface area contributed by atoms with Crippen LogP contribution in [0.3, 0.4) is 0 Å². The largest absolute Gasteiger partial charge is 0.0987 e. The van der Waals surface area contributed by atoms with Crippen molar-refractivity contribution in [2.75, 3.05) is 0 Å². The lowest BCUT2D eigenvalue weighted by Gasteiger charge is -2.23. The van der Waals surface area contributed by atoms with Crippen LogP contribution in [0.25, 0.3) is 33.4 Å². The van der Waals surface area contributed by atoms with Crippen molar-refractivity contribution in [2.24, 2.45) is 0 Å². The normalized spacial score (nSPS) is 16.1. The third kappa shape index (κ3) is 3.76. The summed E-state index contributed by atoms with van der Waals surface area (Å²) in [5.41, 5.74) is 12.4.